The van der Waals surface area contributed by atoms with Gasteiger partial charge in [-0.15, -0.1) is 0 Å². The van der Waals surface area contributed by atoms with E-state index in [1.165, 1.54) is 24.3 Å². The number of aliphatic hydroxyl groups excluding tert-OH is 1. The number of benzene rings is 3. The number of amides is 1. The second-order valence-electron chi connectivity index (χ2n) is 7.50. The van der Waals surface area contributed by atoms with Gasteiger partial charge in [-0.2, -0.15) is 8.78 Å². The number of rotatable bonds is 10. The first-order valence-corrected chi connectivity index (χ1v) is 11.5. The van der Waals surface area contributed by atoms with Crippen molar-refractivity contribution < 1.29 is 23.4 Å². The molecule has 0 saturated carbocycles. The van der Waals surface area contributed by atoms with E-state index in [1.807, 2.05) is 30.3 Å². The zero-order valence-corrected chi connectivity index (χ0v) is 19.9. The average Bonchev–Trinajstić information content (AvgIpc) is 2.82. The number of nitrogens with one attached hydrogen (secondary N) is 2. The summed E-state index contributed by atoms with van der Waals surface area (Å²) in [5.74, 6) is -3.53. The Balaban J connectivity index is 1.68. The molecule has 1 amide bonds. The van der Waals surface area contributed by atoms with Crippen molar-refractivity contribution in [2.45, 2.75) is 31.2 Å². The molecule has 0 aliphatic heterocycles. The zero-order chi connectivity index (χ0) is 23.7. The molecular formula is C25H25F2IN2O3. The summed E-state index contributed by atoms with van der Waals surface area (Å²) in [6, 6.07) is 21.8. The highest BCUT2D eigenvalue weighted by molar-refractivity contribution is 14.1. The van der Waals surface area contributed by atoms with E-state index in [0.717, 1.165) is 14.7 Å². The number of hydrogen-bond acceptors (Lipinski definition) is 4. The van der Waals surface area contributed by atoms with Crippen molar-refractivity contribution in [3.05, 3.63) is 105 Å². The van der Waals surface area contributed by atoms with Crippen LogP contribution in [0.1, 0.15) is 16.7 Å². The van der Waals surface area contributed by atoms with E-state index in [0.29, 0.717) is 6.54 Å². The molecule has 3 N–H and O–H groups in total. The van der Waals surface area contributed by atoms with Crippen LogP contribution in [0.25, 0.3) is 0 Å². The lowest BCUT2D eigenvalue weighted by Gasteiger charge is -2.31. The third kappa shape index (κ3) is 7.48. The van der Waals surface area contributed by atoms with Gasteiger partial charge in [-0.3, -0.25) is 0 Å². The van der Waals surface area contributed by atoms with Crippen LogP contribution in [-0.2, 0) is 23.8 Å². The SMILES string of the molecule is O=C(N[C@@H]([C@H](O)CNCc1cccc(I)c1)C(F)(F)c1ccccc1)OCc1ccccc1. The van der Waals surface area contributed by atoms with E-state index in [9.17, 15) is 9.90 Å². The molecule has 3 aromatic rings. The Labute approximate surface area is 205 Å². The maximum Gasteiger partial charge on any atom is 0.407 e. The first-order valence-electron chi connectivity index (χ1n) is 10.4. The van der Waals surface area contributed by atoms with Crippen molar-refractivity contribution in [1.82, 2.24) is 10.6 Å². The highest BCUT2D eigenvalue weighted by Crippen LogP contribution is 2.33. The number of halogens is 3. The van der Waals surface area contributed by atoms with E-state index in [4.69, 9.17) is 4.74 Å². The van der Waals surface area contributed by atoms with Crippen LogP contribution < -0.4 is 10.6 Å². The molecule has 0 aliphatic carbocycles. The van der Waals surface area contributed by atoms with E-state index >= 15 is 8.78 Å². The molecule has 3 rings (SSSR count). The third-order valence-corrected chi connectivity index (χ3v) is 5.66. The topological polar surface area (TPSA) is 70.6 Å². The summed E-state index contributed by atoms with van der Waals surface area (Å²) in [5.41, 5.74) is 1.37. The van der Waals surface area contributed by atoms with Crippen LogP contribution in [0.5, 0.6) is 0 Å². The Kier molecular flexibility index (Phi) is 9.16. The summed E-state index contributed by atoms with van der Waals surface area (Å²) in [4.78, 5) is 12.3. The normalized spacial score (nSPS) is 13.2. The van der Waals surface area contributed by atoms with Crippen molar-refractivity contribution in [3.63, 3.8) is 0 Å². The Morgan fingerprint density at radius 2 is 1.61 bits per heavy atom. The summed E-state index contributed by atoms with van der Waals surface area (Å²) in [7, 11) is 0. The van der Waals surface area contributed by atoms with Crippen LogP contribution in [-0.4, -0.2) is 29.9 Å². The maximum atomic E-state index is 15.3. The number of aliphatic hydroxyl groups is 1. The summed E-state index contributed by atoms with van der Waals surface area (Å²) in [6.45, 7) is 0.158. The van der Waals surface area contributed by atoms with Crippen LogP contribution in [0.3, 0.4) is 0 Å². The average molecular weight is 566 g/mol. The number of carbonyl (C=O) groups excluding carboxylic acids is 1. The van der Waals surface area contributed by atoms with Crippen LogP contribution in [0, 0.1) is 3.57 Å². The highest BCUT2D eigenvalue weighted by atomic mass is 127. The fourth-order valence-corrected chi connectivity index (χ4v) is 3.90. The fraction of sp³-hybridized carbons (Fsp3) is 0.240. The summed E-state index contributed by atoms with van der Waals surface area (Å²) in [6.07, 6.45) is -2.61. The van der Waals surface area contributed by atoms with E-state index in [1.54, 1.807) is 30.3 Å². The molecule has 3 aromatic carbocycles. The van der Waals surface area contributed by atoms with Crippen molar-refractivity contribution in [2.24, 2.45) is 0 Å². The van der Waals surface area contributed by atoms with Crippen molar-refractivity contribution >= 4 is 28.7 Å². The van der Waals surface area contributed by atoms with E-state index in [2.05, 4.69) is 33.2 Å². The van der Waals surface area contributed by atoms with Crippen LogP contribution in [0.4, 0.5) is 13.6 Å². The minimum atomic E-state index is -3.53. The molecular weight excluding hydrogens is 541 g/mol. The van der Waals surface area contributed by atoms with Crippen molar-refractivity contribution in [3.8, 4) is 0 Å². The molecule has 2 atom stereocenters. The molecule has 0 bridgehead atoms. The summed E-state index contributed by atoms with van der Waals surface area (Å²) >= 11 is 2.19. The molecule has 8 heteroatoms. The predicted molar refractivity (Wildman–Crippen MR) is 131 cm³/mol. The van der Waals surface area contributed by atoms with Crippen LogP contribution >= 0.6 is 22.6 Å². The molecule has 174 valence electrons. The number of alkyl halides is 2. The Bertz CT molecular complexity index is 1020. The van der Waals surface area contributed by atoms with Gasteiger partial charge in [0.15, 0.2) is 0 Å². The first-order chi connectivity index (χ1) is 15.9. The molecule has 5 nitrogen and oxygen atoms in total. The molecule has 0 heterocycles. The smallest absolute Gasteiger partial charge is 0.407 e. The number of ether oxygens (including phenoxy) is 1. The monoisotopic (exact) mass is 566 g/mol. The van der Waals surface area contributed by atoms with Gasteiger partial charge in [0.1, 0.15) is 12.6 Å². The molecule has 0 saturated heterocycles. The lowest BCUT2D eigenvalue weighted by Crippen LogP contribution is -2.55. The maximum absolute atomic E-state index is 15.3. The van der Waals surface area contributed by atoms with Gasteiger partial charge < -0.3 is 20.5 Å². The number of hydrogen-bond donors (Lipinski definition) is 3. The molecule has 0 unspecified atom stereocenters. The van der Waals surface area contributed by atoms with Gasteiger partial charge in [-0.05, 0) is 45.9 Å². The Morgan fingerprint density at radius 3 is 2.27 bits per heavy atom. The second-order valence-corrected chi connectivity index (χ2v) is 8.75. The fourth-order valence-electron chi connectivity index (χ4n) is 3.29. The first kappa shape index (κ1) is 25.1. The minimum absolute atomic E-state index is 0.0721. The molecule has 33 heavy (non-hydrogen) atoms. The lowest BCUT2D eigenvalue weighted by atomic mass is 9.96. The predicted octanol–water partition coefficient (Wildman–Crippen LogP) is 4.83. The van der Waals surface area contributed by atoms with Crippen molar-refractivity contribution in [1.29, 1.82) is 0 Å². The minimum Gasteiger partial charge on any atom is -0.445 e. The number of carbonyl (C=O) groups is 1. The van der Waals surface area contributed by atoms with Gasteiger partial charge in [-0.25, -0.2) is 4.79 Å². The van der Waals surface area contributed by atoms with Gasteiger partial charge in [0.05, 0.1) is 6.10 Å². The van der Waals surface area contributed by atoms with E-state index in [-0.39, 0.29) is 18.7 Å². The van der Waals surface area contributed by atoms with Crippen LogP contribution in [0.15, 0.2) is 84.9 Å². The molecule has 0 radical (unpaired) electrons. The molecule has 0 aliphatic rings. The third-order valence-electron chi connectivity index (χ3n) is 4.99. The molecule has 0 fully saturated rings. The van der Waals surface area contributed by atoms with Gasteiger partial charge in [-0.1, -0.05) is 72.8 Å². The van der Waals surface area contributed by atoms with E-state index < -0.39 is 24.2 Å². The summed E-state index contributed by atoms with van der Waals surface area (Å²) < 4.78 is 36.8. The largest absolute Gasteiger partial charge is 0.445 e. The quantitative estimate of drug-likeness (QED) is 0.308. The number of alkyl carbamates (subject to hydrolysis) is 1. The zero-order valence-electron chi connectivity index (χ0n) is 17.8. The van der Waals surface area contributed by atoms with Crippen molar-refractivity contribution in [2.75, 3.05) is 6.54 Å². The Morgan fingerprint density at radius 1 is 0.970 bits per heavy atom. The molecule has 0 spiro atoms. The lowest BCUT2D eigenvalue weighted by molar-refractivity contribution is -0.0825. The highest BCUT2D eigenvalue weighted by Gasteiger charge is 2.46. The van der Waals surface area contributed by atoms with Gasteiger partial charge in [0.25, 0.3) is 5.92 Å². The standard InChI is InChI=1S/C25H25F2IN2O3/c26-25(27,20-11-5-2-6-12-20)23(30-24(32)33-17-18-8-3-1-4-9-18)22(31)16-29-15-19-10-7-13-21(28)14-19/h1-14,22-23,29,31H,15-17H2,(H,30,32)/t22-,23+/m1/s1. The van der Waals surface area contributed by atoms with Gasteiger partial charge in [0.2, 0.25) is 0 Å². The summed E-state index contributed by atoms with van der Waals surface area (Å²) in [5, 5.41) is 15.8. The van der Waals surface area contributed by atoms with Gasteiger partial charge in [0, 0.05) is 22.2 Å². The van der Waals surface area contributed by atoms with Crippen LogP contribution in [0.2, 0.25) is 0 Å². The Hall–Kier alpha value is -2.56. The second kappa shape index (κ2) is 12.1. The van der Waals surface area contributed by atoms with Gasteiger partial charge >= 0.3 is 6.09 Å². The molecule has 0 aromatic heterocycles.